The Hall–Kier alpha value is 0. The van der Waals surface area contributed by atoms with E-state index in [9.17, 15) is 0 Å². The molecule has 1 heterocycles. The van der Waals surface area contributed by atoms with Crippen molar-refractivity contribution in [3.63, 3.8) is 0 Å². The number of nitrogens with one attached hydrogen (secondary N) is 1. The van der Waals surface area contributed by atoms with Crippen LogP contribution in [0.2, 0.25) is 0 Å². The second-order valence-corrected chi connectivity index (χ2v) is 6.09. The number of nitrogens with zero attached hydrogens (tertiary/aromatic N) is 2. The molecule has 0 aromatic carbocycles. The van der Waals surface area contributed by atoms with Gasteiger partial charge in [-0.1, -0.05) is 6.42 Å². The minimum absolute atomic E-state index is 0. The molecule has 104 valence electrons. The summed E-state index contributed by atoms with van der Waals surface area (Å²) >= 11 is 0. The maximum Gasteiger partial charge on any atom is 0.193 e. The van der Waals surface area contributed by atoms with Gasteiger partial charge in [0.2, 0.25) is 0 Å². The predicted molar refractivity (Wildman–Crippen MR) is 86.6 cm³/mol. The van der Waals surface area contributed by atoms with E-state index in [2.05, 4.69) is 15.2 Å². The van der Waals surface area contributed by atoms with Gasteiger partial charge < -0.3 is 10.2 Å². The largest absolute Gasteiger partial charge is 0.356 e. The normalized spacial score (nSPS) is 26.5. The first-order valence-electron chi connectivity index (χ1n) is 7.30. The molecule has 2 aliphatic carbocycles. The molecule has 0 unspecified atom stereocenters. The summed E-state index contributed by atoms with van der Waals surface area (Å²) < 4.78 is 0. The minimum atomic E-state index is 0. The molecule has 1 saturated heterocycles. The Bertz CT molecular complexity index is 302. The van der Waals surface area contributed by atoms with Crippen LogP contribution in [0.25, 0.3) is 0 Å². The molecule has 2 saturated carbocycles. The van der Waals surface area contributed by atoms with Crippen LogP contribution in [-0.2, 0) is 0 Å². The van der Waals surface area contributed by atoms with E-state index in [1.165, 1.54) is 64.6 Å². The van der Waals surface area contributed by atoms with E-state index in [4.69, 9.17) is 0 Å². The monoisotopic (exact) mass is 363 g/mol. The lowest BCUT2D eigenvalue weighted by Gasteiger charge is -2.43. The molecule has 3 nitrogen and oxygen atoms in total. The van der Waals surface area contributed by atoms with Crippen LogP contribution in [0.3, 0.4) is 0 Å². The lowest BCUT2D eigenvalue weighted by molar-refractivity contribution is 0.105. The fraction of sp³-hybridized carbons (Fsp3) is 0.929. The zero-order valence-corrected chi connectivity index (χ0v) is 13.8. The molecule has 1 N–H and O–H groups in total. The Balaban J connectivity index is 0.00000120. The number of hydrogen-bond donors (Lipinski definition) is 1. The van der Waals surface area contributed by atoms with E-state index >= 15 is 0 Å². The summed E-state index contributed by atoms with van der Waals surface area (Å²) in [6.07, 6.45) is 9.95. The number of guanidine groups is 1. The highest BCUT2D eigenvalue weighted by Gasteiger charge is 2.48. The van der Waals surface area contributed by atoms with Gasteiger partial charge in [-0.25, -0.2) is 0 Å². The van der Waals surface area contributed by atoms with E-state index in [-0.39, 0.29) is 24.0 Å². The maximum atomic E-state index is 4.44. The van der Waals surface area contributed by atoms with Gasteiger partial charge in [0.05, 0.1) is 0 Å². The highest BCUT2D eigenvalue weighted by Crippen LogP contribution is 2.56. The molecular formula is C14H26IN3. The van der Waals surface area contributed by atoms with E-state index in [0.29, 0.717) is 5.41 Å². The van der Waals surface area contributed by atoms with Crippen molar-refractivity contribution < 1.29 is 0 Å². The van der Waals surface area contributed by atoms with Crippen LogP contribution in [0, 0.1) is 11.3 Å². The second-order valence-electron chi connectivity index (χ2n) is 6.09. The van der Waals surface area contributed by atoms with Crippen molar-refractivity contribution in [1.82, 2.24) is 10.2 Å². The van der Waals surface area contributed by atoms with Crippen LogP contribution < -0.4 is 5.32 Å². The molecule has 0 bridgehead atoms. The Morgan fingerprint density at radius 3 is 2.33 bits per heavy atom. The van der Waals surface area contributed by atoms with Crippen molar-refractivity contribution in [1.29, 1.82) is 0 Å². The summed E-state index contributed by atoms with van der Waals surface area (Å²) in [7, 11) is 1.92. The topological polar surface area (TPSA) is 27.6 Å². The molecule has 0 radical (unpaired) electrons. The first-order valence-corrected chi connectivity index (χ1v) is 7.30. The zero-order valence-electron chi connectivity index (χ0n) is 11.5. The Morgan fingerprint density at radius 1 is 1.22 bits per heavy atom. The zero-order chi connectivity index (χ0) is 11.7. The molecule has 18 heavy (non-hydrogen) atoms. The van der Waals surface area contributed by atoms with E-state index in [1.54, 1.807) is 0 Å². The van der Waals surface area contributed by atoms with Gasteiger partial charge in [0.25, 0.3) is 0 Å². The van der Waals surface area contributed by atoms with Gasteiger partial charge in [-0.15, -0.1) is 24.0 Å². The third-order valence-electron chi connectivity index (χ3n) is 5.01. The Morgan fingerprint density at radius 2 is 1.89 bits per heavy atom. The van der Waals surface area contributed by atoms with Crippen LogP contribution in [0.4, 0.5) is 0 Å². The predicted octanol–water partition coefficient (Wildman–Crippen LogP) is 2.86. The van der Waals surface area contributed by atoms with Gasteiger partial charge in [0.1, 0.15) is 0 Å². The maximum absolute atomic E-state index is 4.44. The third kappa shape index (κ3) is 2.78. The molecule has 3 fully saturated rings. The first-order chi connectivity index (χ1) is 8.34. The highest BCUT2D eigenvalue weighted by atomic mass is 127. The van der Waals surface area contributed by atoms with Crippen LogP contribution >= 0.6 is 24.0 Å². The molecule has 0 atom stereocenters. The summed E-state index contributed by atoms with van der Waals surface area (Å²) in [6, 6.07) is 0. The number of likely N-dealkylation sites (tertiary alicyclic amines) is 1. The minimum Gasteiger partial charge on any atom is -0.356 e. The van der Waals surface area contributed by atoms with Gasteiger partial charge in [-0.2, -0.15) is 0 Å². The SMILES string of the molecule is CN=C(NCC1(C2CC2)CCC1)N1CCCC1.I. The number of hydrogen-bond acceptors (Lipinski definition) is 1. The van der Waals surface area contributed by atoms with Crippen molar-refractivity contribution in [2.75, 3.05) is 26.7 Å². The molecule has 4 heteroatoms. The lowest BCUT2D eigenvalue weighted by atomic mass is 9.65. The van der Waals surface area contributed by atoms with Gasteiger partial charge in [0, 0.05) is 26.7 Å². The van der Waals surface area contributed by atoms with Crippen molar-refractivity contribution in [3.8, 4) is 0 Å². The molecule has 1 aliphatic heterocycles. The van der Waals surface area contributed by atoms with Gasteiger partial charge >= 0.3 is 0 Å². The summed E-state index contributed by atoms with van der Waals surface area (Å²) in [4.78, 5) is 6.86. The molecule has 0 amide bonds. The van der Waals surface area contributed by atoms with Crippen LogP contribution in [-0.4, -0.2) is 37.5 Å². The first kappa shape index (κ1) is 14.4. The van der Waals surface area contributed by atoms with Gasteiger partial charge in [0.15, 0.2) is 5.96 Å². The quantitative estimate of drug-likeness (QED) is 0.474. The third-order valence-corrected chi connectivity index (χ3v) is 5.01. The fourth-order valence-electron chi connectivity index (χ4n) is 3.57. The number of halogens is 1. The highest BCUT2D eigenvalue weighted by molar-refractivity contribution is 14.0. The van der Waals surface area contributed by atoms with Crippen molar-refractivity contribution >= 4 is 29.9 Å². The average molecular weight is 363 g/mol. The number of aliphatic imine (C=N–C) groups is 1. The number of rotatable bonds is 3. The Kier molecular flexibility index (Phi) is 4.78. The summed E-state index contributed by atoms with van der Waals surface area (Å²) in [5, 5.41) is 3.65. The summed E-state index contributed by atoms with van der Waals surface area (Å²) in [5.41, 5.74) is 0.648. The molecular weight excluding hydrogens is 337 g/mol. The van der Waals surface area contributed by atoms with Gasteiger partial charge in [-0.3, -0.25) is 4.99 Å². The average Bonchev–Trinajstić information content (AvgIpc) is 2.98. The smallest absolute Gasteiger partial charge is 0.193 e. The molecule has 0 aromatic heterocycles. The van der Waals surface area contributed by atoms with Crippen LogP contribution in [0.15, 0.2) is 4.99 Å². The van der Waals surface area contributed by atoms with Crippen molar-refractivity contribution in [2.45, 2.75) is 44.9 Å². The fourth-order valence-corrected chi connectivity index (χ4v) is 3.57. The van der Waals surface area contributed by atoms with Crippen LogP contribution in [0.1, 0.15) is 44.9 Å². The van der Waals surface area contributed by atoms with Gasteiger partial charge in [-0.05, 0) is 49.9 Å². The second kappa shape index (κ2) is 5.97. The summed E-state index contributed by atoms with van der Waals surface area (Å²) in [5.74, 6) is 2.18. The van der Waals surface area contributed by atoms with Crippen molar-refractivity contribution in [3.05, 3.63) is 0 Å². The summed E-state index contributed by atoms with van der Waals surface area (Å²) in [6.45, 7) is 3.55. The van der Waals surface area contributed by atoms with E-state index in [1.807, 2.05) is 7.05 Å². The molecule has 3 rings (SSSR count). The Labute approximate surface area is 128 Å². The standard InChI is InChI=1S/C14H25N3.HI/c1-15-13(17-9-2-3-10-17)16-11-14(7-4-8-14)12-5-6-12;/h12H,2-11H2,1H3,(H,15,16);1H. The van der Waals surface area contributed by atoms with Crippen molar-refractivity contribution in [2.24, 2.45) is 16.3 Å². The van der Waals surface area contributed by atoms with E-state index < -0.39 is 0 Å². The molecule has 0 spiro atoms. The molecule has 0 aromatic rings. The lowest BCUT2D eigenvalue weighted by Crippen LogP contribution is -2.48. The van der Waals surface area contributed by atoms with E-state index in [0.717, 1.165) is 11.9 Å². The molecule has 3 aliphatic rings. The van der Waals surface area contributed by atoms with Crippen LogP contribution in [0.5, 0.6) is 0 Å².